The average molecular weight is 324 g/mol. The Morgan fingerprint density at radius 3 is 2.75 bits per heavy atom. The van der Waals surface area contributed by atoms with Crippen LogP contribution in [0, 0.1) is 0 Å². The van der Waals surface area contributed by atoms with Crippen molar-refractivity contribution in [3.63, 3.8) is 0 Å². The van der Waals surface area contributed by atoms with Crippen molar-refractivity contribution in [1.82, 2.24) is 9.88 Å². The Labute approximate surface area is 143 Å². The number of benzene rings is 1. The first-order valence-electron chi connectivity index (χ1n) is 8.36. The molecule has 0 bridgehead atoms. The summed E-state index contributed by atoms with van der Waals surface area (Å²) < 4.78 is 0. The van der Waals surface area contributed by atoms with E-state index < -0.39 is 0 Å². The van der Waals surface area contributed by atoms with Crippen LogP contribution in [0.2, 0.25) is 0 Å². The Balaban J connectivity index is 1.89. The zero-order valence-electron chi connectivity index (χ0n) is 14.5. The number of likely N-dealkylation sites (N-methyl/N-ethyl adjacent to an activating group) is 1. The van der Waals surface area contributed by atoms with Gasteiger partial charge in [-0.05, 0) is 37.6 Å². The Hall–Kier alpha value is -2.56. The van der Waals surface area contributed by atoms with E-state index in [2.05, 4.69) is 34.4 Å². The van der Waals surface area contributed by atoms with Crippen LogP contribution < -0.4 is 10.2 Å². The number of amides is 1. The maximum atomic E-state index is 13.1. The molecule has 0 aliphatic carbocycles. The zero-order valence-corrected chi connectivity index (χ0v) is 14.5. The summed E-state index contributed by atoms with van der Waals surface area (Å²) in [6.45, 7) is 6.21. The minimum absolute atomic E-state index is 0.0244. The Morgan fingerprint density at radius 2 is 1.96 bits per heavy atom. The first-order chi connectivity index (χ1) is 11.6. The highest BCUT2D eigenvalue weighted by atomic mass is 16.2. The van der Waals surface area contributed by atoms with Crippen molar-refractivity contribution in [2.75, 3.05) is 30.4 Å². The lowest BCUT2D eigenvalue weighted by molar-refractivity contribution is 0.0752. The van der Waals surface area contributed by atoms with Crippen LogP contribution in [0.25, 0.3) is 0 Å². The molecule has 0 spiro atoms. The second kappa shape index (κ2) is 6.91. The minimum atomic E-state index is 0.0244. The van der Waals surface area contributed by atoms with Gasteiger partial charge in [-0.3, -0.25) is 4.79 Å². The topological polar surface area (TPSA) is 48.5 Å². The molecule has 5 nitrogen and oxygen atoms in total. The molecule has 3 rings (SSSR count). The highest BCUT2D eigenvalue weighted by molar-refractivity contribution is 5.98. The van der Waals surface area contributed by atoms with Crippen LogP contribution in [0.4, 0.5) is 11.5 Å². The van der Waals surface area contributed by atoms with E-state index in [9.17, 15) is 4.79 Å². The predicted molar refractivity (Wildman–Crippen MR) is 97.4 cm³/mol. The maximum Gasteiger partial charge on any atom is 0.257 e. The molecule has 126 valence electrons. The highest BCUT2D eigenvalue weighted by Crippen LogP contribution is 2.25. The number of fused-ring (bicyclic) bond motifs is 1. The summed E-state index contributed by atoms with van der Waals surface area (Å²) >= 11 is 0. The Bertz CT molecular complexity index is 729. The van der Waals surface area contributed by atoms with E-state index in [0.717, 1.165) is 6.54 Å². The number of carbonyl (C=O) groups is 1. The van der Waals surface area contributed by atoms with Crippen LogP contribution in [0.5, 0.6) is 0 Å². The molecule has 1 amide bonds. The molecule has 0 unspecified atom stereocenters. The average Bonchev–Trinajstić information content (AvgIpc) is 2.74. The SMILES string of the molecule is CC(C)Nc1ncccc1C(=O)N1CCN(C)c2ccccc2C1. The lowest BCUT2D eigenvalue weighted by Gasteiger charge is -2.22. The van der Waals surface area contributed by atoms with Crippen molar-refractivity contribution in [2.45, 2.75) is 26.4 Å². The number of nitrogens with one attached hydrogen (secondary N) is 1. The molecular weight excluding hydrogens is 300 g/mol. The predicted octanol–water partition coefficient (Wildman–Crippen LogP) is 2.99. The summed E-state index contributed by atoms with van der Waals surface area (Å²) in [5.41, 5.74) is 3.00. The second-order valence-electron chi connectivity index (χ2n) is 6.48. The van der Waals surface area contributed by atoms with Gasteiger partial charge in [0.25, 0.3) is 5.91 Å². The van der Waals surface area contributed by atoms with Crippen molar-refractivity contribution >= 4 is 17.4 Å². The van der Waals surface area contributed by atoms with Gasteiger partial charge in [0.2, 0.25) is 0 Å². The number of aromatic nitrogens is 1. The summed E-state index contributed by atoms with van der Waals surface area (Å²) in [7, 11) is 2.07. The molecule has 0 radical (unpaired) electrons. The van der Waals surface area contributed by atoms with Gasteiger partial charge in [-0.1, -0.05) is 18.2 Å². The van der Waals surface area contributed by atoms with Gasteiger partial charge in [0.05, 0.1) is 5.56 Å². The van der Waals surface area contributed by atoms with Crippen molar-refractivity contribution in [3.8, 4) is 0 Å². The highest BCUT2D eigenvalue weighted by Gasteiger charge is 2.24. The van der Waals surface area contributed by atoms with E-state index in [1.54, 1.807) is 6.20 Å². The van der Waals surface area contributed by atoms with Crippen molar-refractivity contribution in [3.05, 3.63) is 53.7 Å². The number of carbonyl (C=O) groups excluding carboxylic acids is 1. The third kappa shape index (κ3) is 3.35. The lowest BCUT2D eigenvalue weighted by Crippen LogP contribution is -2.35. The summed E-state index contributed by atoms with van der Waals surface area (Å²) in [4.78, 5) is 21.6. The summed E-state index contributed by atoms with van der Waals surface area (Å²) in [5, 5.41) is 3.27. The Morgan fingerprint density at radius 1 is 1.17 bits per heavy atom. The molecule has 2 aromatic rings. The standard InChI is InChI=1S/C19H24N4O/c1-14(2)21-18-16(8-6-10-20-18)19(24)23-12-11-22(3)17-9-5-4-7-15(17)13-23/h4-10,14H,11-13H2,1-3H3,(H,20,21). The molecule has 0 saturated carbocycles. The number of hydrogen-bond acceptors (Lipinski definition) is 4. The summed E-state index contributed by atoms with van der Waals surface area (Å²) in [6.07, 6.45) is 1.72. The number of nitrogens with zero attached hydrogens (tertiary/aromatic N) is 3. The van der Waals surface area contributed by atoms with Crippen molar-refractivity contribution < 1.29 is 4.79 Å². The third-order valence-corrected chi connectivity index (χ3v) is 4.22. The smallest absolute Gasteiger partial charge is 0.257 e. The van der Waals surface area contributed by atoms with Gasteiger partial charge in [0.1, 0.15) is 5.82 Å². The molecule has 1 N–H and O–H groups in total. The van der Waals surface area contributed by atoms with E-state index in [-0.39, 0.29) is 11.9 Å². The molecular formula is C19H24N4O. The molecule has 0 atom stereocenters. The molecule has 5 heteroatoms. The van der Waals surface area contributed by atoms with Crippen LogP contribution in [-0.4, -0.2) is 42.0 Å². The fourth-order valence-corrected chi connectivity index (χ4v) is 3.00. The van der Waals surface area contributed by atoms with Crippen LogP contribution in [0.1, 0.15) is 29.8 Å². The van der Waals surface area contributed by atoms with Gasteiger partial charge in [-0.25, -0.2) is 4.98 Å². The molecule has 0 saturated heterocycles. The van der Waals surface area contributed by atoms with Gasteiger partial charge >= 0.3 is 0 Å². The molecule has 2 heterocycles. The molecule has 1 aromatic heterocycles. The van der Waals surface area contributed by atoms with E-state index in [4.69, 9.17) is 0 Å². The number of para-hydroxylation sites is 1. The van der Waals surface area contributed by atoms with E-state index in [0.29, 0.717) is 24.5 Å². The van der Waals surface area contributed by atoms with Crippen LogP contribution in [-0.2, 0) is 6.54 Å². The van der Waals surface area contributed by atoms with Crippen LogP contribution in [0.3, 0.4) is 0 Å². The minimum Gasteiger partial charge on any atom is -0.373 e. The van der Waals surface area contributed by atoms with Gasteiger partial charge in [0.15, 0.2) is 0 Å². The first-order valence-corrected chi connectivity index (χ1v) is 8.36. The van der Waals surface area contributed by atoms with E-state index >= 15 is 0 Å². The van der Waals surface area contributed by atoms with E-state index in [1.165, 1.54) is 11.3 Å². The summed E-state index contributed by atoms with van der Waals surface area (Å²) in [6, 6.07) is 12.2. The molecule has 24 heavy (non-hydrogen) atoms. The van der Waals surface area contributed by atoms with Crippen LogP contribution in [0.15, 0.2) is 42.6 Å². The molecule has 1 aliphatic rings. The molecule has 1 aromatic carbocycles. The van der Waals surface area contributed by atoms with Gasteiger partial charge in [0, 0.05) is 44.6 Å². The number of pyridine rings is 1. The molecule has 1 aliphatic heterocycles. The first kappa shape index (κ1) is 16.3. The lowest BCUT2D eigenvalue weighted by atomic mass is 10.1. The normalized spacial score (nSPS) is 14.3. The maximum absolute atomic E-state index is 13.1. The zero-order chi connectivity index (χ0) is 17.1. The second-order valence-corrected chi connectivity index (χ2v) is 6.48. The largest absolute Gasteiger partial charge is 0.373 e. The summed E-state index contributed by atoms with van der Waals surface area (Å²) in [5.74, 6) is 0.680. The number of hydrogen-bond donors (Lipinski definition) is 1. The van der Waals surface area contributed by atoms with Gasteiger partial charge in [-0.2, -0.15) is 0 Å². The fourth-order valence-electron chi connectivity index (χ4n) is 3.00. The van der Waals surface area contributed by atoms with Crippen LogP contribution >= 0.6 is 0 Å². The Kier molecular flexibility index (Phi) is 4.69. The quantitative estimate of drug-likeness (QED) is 0.943. The monoisotopic (exact) mass is 324 g/mol. The molecule has 0 fully saturated rings. The van der Waals surface area contributed by atoms with Gasteiger partial charge < -0.3 is 15.1 Å². The van der Waals surface area contributed by atoms with Crippen molar-refractivity contribution in [1.29, 1.82) is 0 Å². The fraction of sp³-hybridized carbons (Fsp3) is 0.368. The number of anilines is 2. The van der Waals surface area contributed by atoms with Crippen molar-refractivity contribution in [2.24, 2.45) is 0 Å². The third-order valence-electron chi connectivity index (χ3n) is 4.22. The van der Waals surface area contributed by atoms with Gasteiger partial charge in [-0.15, -0.1) is 0 Å². The number of rotatable bonds is 3. The van der Waals surface area contributed by atoms with E-state index in [1.807, 2.05) is 43.0 Å².